The van der Waals surface area contributed by atoms with Gasteiger partial charge in [0, 0.05) is 39.0 Å². The number of nitrogens with two attached hydrogens (primary N) is 1. The maximum absolute atomic E-state index is 5.98. The van der Waals surface area contributed by atoms with Crippen LogP contribution < -0.4 is 5.73 Å². The van der Waals surface area contributed by atoms with Crippen molar-refractivity contribution >= 4 is 5.69 Å². The van der Waals surface area contributed by atoms with Crippen LogP contribution in [0, 0.1) is 0 Å². The average molecular weight is 250 g/mol. The summed E-state index contributed by atoms with van der Waals surface area (Å²) >= 11 is 0. The van der Waals surface area contributed by atoms with Gasteiger partial charge in [-0.3, -0.25) is 4.90 Å². The summed E-state index contributed by atoms with van der Waals surface area (Å²) in [5, 5.41) is 0. The molecule has 4 nitrogen and oxygen atoms in total. The minimum absolute atomic E-state index is 0.672. The van der Waals surface area contributed by atoms with Crippen molar-refractivity contribution in [2.75, 3.05) is 39.2 Å². The first-order valence-corrected chi connectivity index (χ1v) is 6.46. The van der Waals surface area contributed by atoms with E-state index in [0.717, 1.165) is 38.3 Å². The third-order valence-corrected chi connectivity index (χ3v) is 3.28. The molecular weight excluding hydrogens is 228 g/mol. The van der Waals surface area contributed by atoms with Crippen LogP contribution in [0.4, 0.5) is 5.69 Å². The van der Waals surface area contributed by atoms with Crippen LogP contribution in [0.2, 0.25) is 0 Å². The van der Waals surface area contributed by atoms with Gasteiger partial charge >= 0.3 is 0 Å². The molecule has 2 rings (SSSR count). The molecule has 1 aliphatic rings. The summed E-state index contributed by atoms with van der Waals surface area (Å²) in [7, 11) is 1.69. The Labute approximate surface area is 109 Å². The largest absolute Gasteiger partial charge is 0.398 e. The minimum atomic E-state index is 0.672. The first-order chi connectivity index (χ1) is 8.81. The van der Waals surface area contributed by atoms with Gasteiger partial charge < -0.3 is 15.2 Å². The van der Waals surface area contributed by atoms with Crippen LogP contribution >= 0.6 is 0 Å². The summed E-state index contributed by atoms with van der Waals surface area (Å²) in [6, 6.07) is 6.18. The average Bonchev–Trinajstić information content (AvgIpc) is 2.78. The van der Waals surface area contributed by atoms with Crippen LogP contribution in [-0.4, -0.2) is 38.4 Å². The van der Waals surface area contributed by atoms with Crippen molar-refractivity contribution in [1.82, 2.24) is 4.90 Å². The number of benzene rings is 1. The quantitative estimate of drug-likeness (QED) is 0.590. The summed E-state index contributed by atoms with van der Waals surface area (Å²) in [6.45, 7) is 5.20. The lowest BCUT2D eigenvalue weighted by molar-refractivity contribution is 0.0651. The Bertz CT molecular complexity index is 382. The standard InChI is InChI=1S/C14H22N2O2/c1-17-8-9-18-7-3-6-16-10-12-4-2-5-14(15)13(12)11-16/h2,4-5H,3,6-11,15H2,1H3. The molecule has 1 aromatic rings. The van der Waals surface area contributed by atoms with Crippen LogP contribution in [-0.2, 0) is 22.6 Å². The zero-order valence-corrected chi connectivity index (χ0v) is 11.0. The molecule has 0 bridgehead atoms. The Morgan fingerprint density at radius 3 is 2.89 bits per heavy atom. The van der Waals surface area contributed by atoms with E-state index in [4.69, 9.17) is 15.2 Å². The molecule has 100 valence electrons. The topological polar surface area (TPSA) is 47.7 Å². The van der Waals surface area contributed by atoms with E-state index in [9.17, 15) is 0 Å². The van der Waals surface area contributed by atoms with E-state index in [1.54, 1.807) is 7.11 Å². The Hall–Kier alpha value is -1.10. The first kappa shape index (κ1) is 13.3. The van der Waals surface area contributed by atoms with Crippen LogP contribution in [0.15, 0.2) is 18.2 Å². The second-order valence-electron chi connectivity index (χ2n) is 4.65. The van der Waals surface area contributed by atoms with Gasteiger partial charge in [0.05, 0.1) is 13.2 Å². The Kier molecular flexibility index (Phi) is 4.99. The van der Waals surface area contributed by atoms with Crippen LogP contribution in [0.5, 0.6) is 0 Å². The normalized spacial score (nSPS) is 14.9. The molecule has 4 heteroatoms. The molecule has 0 saturated heterocycles. The number of fused-ring (bicyclic) bond motifs is 1. The molecule has 0 saturated carbocycles. The molecule has 0 spiro atoms. The fourth-order valence-electron chi connectivity index (χ4n) is 2.31. The van der Waals surface area contributed by atoms with Crippen LogP contribution in [0.1, 0.15) is 17.5 Å². The van der Waals surface area contributed by atoms with Crippen molar-refractivity contribution in [2.45, 2.75) is 19.5 Å². The monoisotopic (exact) mass is 250 g/mol. The lowest BCUT2D eigenvalue weighted by atomic mass is 10.1. The molecule has 0 aromatic heterocycles. The Balaban J connectivity index is 1.67. The van der Waals surface area contributed by atoms with Crippen molar-refractivity contribution in [3.8, 4) is 0 Å². The lowest BCUT2D eigenvalue weighted by Crippen LogP contribution is -2.19. The van der Waals surface area contributed by atoms with Crippen molar-refractivity contribution < 1.29 is 9.47 Å². The van der Waals surface area contributed by atoms with Crippen LogP contribution in [0.3, 0.4) is 0 Å². The molecule has 0 unspecified atom stereocenters. The van der Waals surface area contributed by atoms with E-state index in [2.05, 4.69) is 11.0 Å². The third-order valence-electron chi connectivity index (χ3n) is 3.28. The van der Waals surface area contributed by atoms with Gasteiger partial charge in [-0.1, -0.05) is 12.1 Å². The van der Waals surface area contributed by atoms with E-state index >= 15 is 0 Å². The second-order valence-corrected chi connectivity index (χ2v) is 4.65. The van der Waals surface area contributed by atoms with Crippen molar-refractivity contribution in [2.24, 2.45) is 0 Å². The maximum atomic E-state index is 5.98. The summed E-state index contributed by atoms with van der Waals surface area (Å²) < 4.78 is 10.4. The van der Waals surface area contributed by atoms with Gasteiger partial charge in [-0.25, -0.2) is 0 Å². The highest BCUT2D eigenvalue weighted by molar-refractivity contribution is 5.52. The summed E-state index contributed by atoms with van der Waals surface area (Å²) in [6.07, 6.45) is 1.05. The number of ether oxygens (including phenoxy) is 2. The summed E-state index contributed by atoms with van der Waals surface area (Å²) in [4.78, 5) is 2.42. The Morgan fingerprint density at radius 1 is 1.22 bits per heavy atom. The van der Waals surface area contributed by atoms with E-state index < -0.39 is 0 Å². The third kappa shape index (κ3) is 3.45. The number of hydrogen-bond donors (Lipinski definition) is 1. The molecule has 0 atom stereocenters. The second kappa shape index (κ2) is 6.73. The highest BCUT2D eigenvalue weighted by atomic mass is 16.5. The highest BCUT2D eigenvalue weighted by Crippen LogP contribution is 2.27. The molecule has 1 aliphatic heterocycles. The number of anilines is 1. The van der Waals surface area contributed by atoms with Gasteiger partial charge in [-0.15, -0.1) is 0 Å². The van der Waals surface area contributed by atoms with Gasteiger partial charge in [0.2, 0.25) is 0 Å². The predicted octanol–water partition coefficient (Wildman–Crippen LogP) is 1.64. The first-order valence-electron chi connectivity index (χ1n) is 6.46. The highest BCUT2D eigenvalue weighted by Gasteiger charge is 2.19. The van der Waals surface area contributed by atoms with Crippen LogP contribution in [0.25, 0.3) is 0 Å². The van der Waals surface area contributed by atoms with Crippen molar-refractivity contribution in [1.29, 1.82) is 0 Å². The SMILES string of the molecule is COCCOCCCN1Cc2cccc(N)c2C1. The predicted molar refractivity (Wildman–Crippen MR) is 72.3 cm³/mol. The van der Waals surface area contributed by atoms with E-state index in [1.165, 1.54) is 11.1 Å². The van der Waals surface area contributed by atoms with E-state index in [1.807, 2.05) is 12.1 Å². The number of rotatable bonds is 7. The summed E-state index contributed by atoms with van der Waals surface area (Å²) in [5.74, 6) is 0. The molecule has 1 heterocycles. The number of nitrogen functional groups attached to an aromatic ring is 1. The van der Waals surface area contributed by atoms with Gasteiger partial charge in [0.25, 0.3) is 0 Å². The fourth-order valence-corrected chi connectivity index (χ4v) is 2.31. The van der Waals surface area contributed by atoms with Crippen molar-refractivity contribution in [3.63, 3.8) is 0 Å². The Morgan fingerprint density at radius 2 is 2.11 bits per heavy atom. The summed E-state index contributed by atoms with van der Waals surface area (Å²) in [5.41, 5.74) is 9.58. The van der Waals surface area contributed by atoms with E-state index in [-0.39, 0.29) is 0 Å². The lowest BCUT2D eigenvalue weighted by Gasteiger charge is -2.14. The zero-order valence-electron chi connectivity index (χ0n) is 11.0. The zero-order chi connectivity index (χ0) is 12.8. The van der Waals surface area contributed by atoms with Gasteiger partial charge in [0.1, 0.15) is 0 Å². The molecule has 0 amide bonds. The minimum Gasteiger partial charge on any atom is -0.398 e. The van der Waals surface area contributed by atoms with E-state index in [0.29, 0.717) is 13.2 Å². The molecular formula is C14H22N2O2. The molecule has 0 fully saturated rings. The maximum Gasteiger partial charge on any atom is 0.0700 e. The molecule has 0 radical (unpaired) electrons. The van der Waals surface area contributed by atoms with Gasteiger partial charge in [-0.05, 0) is 23.6 Å². The molecule has 18 heavy (non-hydrogen) atoms. The van der Waals surface area contributed by atoms with Crippen molar-refractivity contribution in [3.05, 3.63) is 29.3 Å². The molecule has 0 aliphatic carbocycles. The number of hydrogen-bond acceptors (Lipinski definition) is 4. The number of methoxy groups -OCH3 is 1. The smallest absolute Gasteiger partial charge is 0.0700 e. The fraction of sp³-hybridized carbons (Fsp3) is 0.571. The molecule has 1 aromatic carbocycles. The number of nitrogens with zero attached hydrogens (tertiary/aromatic N) is 1. The van der Waals surface area contributed by atoms with Gasteiger partial charge in [-0.2, -0.15) is 0 Å². The van der Waals surface area contributed by atoms with Gasteiger partial charge in [0.15, 0.2) is 0 Å². The molecule has 2 N–H and O–H groups in total.